The number of rotatable bonds is 6. The number of fused-ring (bicyclic) bond motifs is 1. The van der Waals surface area contributed by atoms with Crippen molar-refractivity contribution >= 4 is 23.3 Å². The van der Waals surface area contributed by atoms with E-state index in [0.29, 0.717) is 30.5 Å². The summed E-state index contributed by atoms with van der Waals surface area (Å²) in [5.41, 5.74) is 2.80. The maximum absolute atomic E-state index is 12.5. The molecular weight excluding hydrogens is 412 g/mol. The second-order valence-corrected chi connectivity index (χ2v) is 8.18. The number of nitrogens with zero attached hydrogens (tertiary/aromatic N) is 1. The molecular formula is C24H24N2O4S. The van der Waals surface area contributed by atoms with E-state index in [-0.39, 0.29) is 11.9 Å². The summed E-state index contributed by atoms with van der Waals surface area (Å²) in [6.45, 7) is 4.91. The summed E-state index contributed by atoms with van der Waals surface area (Å²) in [7, 11) is 1.58. The van der Waals surface area contributed by atoms with Crippen LogP contribution in [0.1, 0.15) is 29.1 Å². The first kappa shape index (κ1) is 20.9. The predicted molar refractivity (Wildman–Crippen MR) is 122 cm³/mol. The summed E-state index contributed by atoms with van der Waals surface area (Å²) in [6, 6.07) is 13.6. The number of hydrogen-bond donors (Lipinski definition) is 1. The summed E-state index contributed by atoms with van der Waals surface area (Å²) in [6.07, 6.45) is 3.24. The Morgan fingerprint density at radius 1 is 1.23 bits per heavy atom. The van der Waals surface area contributed by atoms with Crippen LogP contribution < -0.4 is 19.5 Å². The number of aryl methyl sites for hydroxylation is 1. The molecule has 6 nitrogen and oxygen atoms in total. The normalized spacial score (nSPS) is 13.8. The molecule has 31 heavy (non-hydrogen) atoms. The van der Waals surface area contributed by atoms with Gasteiger partial charge in [0.2, 0.25) is 11.7 Å². The Balaban J connectivity index is 1.45. The first-order valence-corrected chi connectivity index (χ1v) is 10.9. The molecule has 1 atom stereocenters. The molecule has 160 valence electrons. The Labute approximate surface area is 185 Å². The molecule has 1 aliphatic rings. The van der Waals surface area contributed by atoms with Crippen LogP contribution in [0.15, 0.2) is 48.5 Å². The Bertz CT molecular complexity index is 1090. The van der Waals surface area contributed by atoms with Crippen molar-refractivity contribution in [3.63, 3.8) is 0 Å². The van der Waals surface area contributed by atoms with Crippen molar-refractivity contribution in [3.05, 3.63) is 64.7 Å². The van der Waals surface area contributed by atoms with Gasteiger partial charge in [-0.1, -0.05) is 30.3 Å². The van der Waals surface area contributed by atoms with Gasteiger partial charge in [-0.05, 0) is 37.6 Å². The molecule has 0 bridgehead atoms. The Morgan fingerprint density at radius 3 is 2.77 bits per heavy atom. The lowest BCUT2D eigenvalue weighted by Gasteiger charge is -2.21. The Hall–Kier alpha value is -3.32. The smallest absolute Gasteiger partial charge is 0.244 e. The molecule has 0 saturated heterocycles. The molecule has 1 aromatic heterocycles. The molecule has 0 fully saturated rings. The van der Waals surface area contributed by atoms with Crippen molar-refractivity contribution in [1.82, 2.24) is 10.3 Å². The number of amides is 1. The zero-order valence-electron chi connectivity index (χ0n) is 17.7. The van der Waals surface area contributed by atoms with Crippen LogP contribution in [0, 0.1) is 6.92 Å². The van der Waals surface area contributed by atoms with Crippen molar-refractivity contribution in [2.24, 2.45) is 0 Å². The lowest BCUT2D eigenvalue weighted by Crippen LogP contribution is -2.24. The second kappa shape index (κ2) is 9.22. The molecule has 1 amide bonds. The quantitative estimate of drug-likeness (QED) is 0.563. The zero-order valence-corrected chi connectivity index (χ0v) is 18.5. The van der Waals surface area contributed by atoms with E-state index in [9.17, 15) is 4.79 Å². The number of benzene rings is 2. The van der Waals surface area contributed by atoms with E-state index in [1.54, 1.807) is 24.5 Å². The molecule has 7 heteroatoms. The summed E-state index contributed by atoms with van der Waals surface area (Å²) >= 11 is 1.60. The van der Waals surface area contributed by atoms with E-state index in [4.69, 9.17) is 14.2 Å². The van der Waals surface area contributed by atoms with Crippen LogP contribution in [0.2, 0.25) is 0 Å². The molecule has 2 heterocycles. The number of hydrogen-bond acceptors (Lipinski definition) is 6. The SMILES string of the molecule is COc1cc(/C=C/C(=O)NC(C)c2sc(-c3ccccc3)nc2C)cc2c1OCCO2. The second-order valence-electron chi connectivity index (χ2n) is 7.15. The van der Waals surface area contributed by atoms with Gasteiger partial charge in [0.25, 0.3) is 0 Å². The summed E-state index contributed by atoms with van der Waals surface area (Å²) in [5, 5.41) is 3.97. The molecule has 0 radical (unpaired) electrons. The van der Waals surface area contributed by atoms with Crippen molar-refractivity contribution in [2.75, 3.05) is 20.3 Å². The minimum atomic E-state index is -0.185. The van der Waals surface area contributed by atoms with Crippen LogP contribution in [0.5, 0.6) is 17.2 Å². The highest BCUT2D eigenvalue weighted by atomic mass is 32.1. The highest BCUT2D eigenvalue weighted by molar-refractivity contribution is 7.15. The van der Waals surface area contributed by atoms with Crippen LogP contribution in [-0.2, 0) is 4.79 Å². The minimum absolute atomic E-state index is 0.151. The molecule has 3 aromatic rings. The van der Waals surface area contributed by atoms with Gasteiger partial charge in [-0.15, -0.1) is 11.3 Å². The number of carbonyl (C=O) groups is 1. The first-order chi connectivity index (χ1) is 15.0. The summed E-state index contributed by atoms with van der Waals surface area (Å²) < 4.78 is 16.6. The lowest BCUT2D eigenvalue weighted by atomic mass is 10.1. The van der Waals surface area contributed by atoms with Crippen molar-refractivity contribution in [3.8, 4) is 27.8 Å². The topological polar surface area (TPSA) is 69.7 Å². The number of methoxy groups -OCH3 is 1. The van der Waals surface area contributed by atoms with Crippen LogP contribution in [0.25, 0.3) is 16.6 Å². The fourth-order valence-corrected chi connectivity index (χ4v) is 4.48. The number of nitrogens with one attached hydrogen (secondary N) is 1. The van der Waals surface area contributed by atoms with Gasteiger partial charge in [0, 0.05) is 11.6 Å². The highest BCUT2D eigenvalue weighted by Gasteiger charge is 2.19. The molecule has 0 saturated carbocycles. The maximum Gasteiger partial charge on any atom is 0.244 e. The largest absolute Gasteiger partial charge is 0.493 e. The fourth-order valence-electron chi connectivity index (χ4n) is 3.40. The van der Waals surface area contributed by atoms with Crippen molar-refractivity contribution in [2.45, 2.75) is 19.9 Å². The molecule has 0 spiro atoms. The molecule has 2 aromatic carbocycles. The molecule has 1 aliphatic heterocycles. The molecule has 1 N–H and O–H groups in total. The van der Waals surface area contributed by atoms with Gasteiger partial charge >= 0.3 is 0 Å². The standard InChI is InChI=1S/C24H24N2O4S/c1-15(23-16(2)26-24(31-23)18-7-5-4-6-8-18)25-21(27)10-9-17-13-19(28-3)22-20(14-17)29-11-12-30-22/h4-10,13-15H,11-12H2,1-3H3,(H,25,27)/b10-9+. The van der Waals surface area contributed by atoms with E-state index < -0.39 is 0 Å². The van der Waals surface area contributed by atoms with Gasteiger partial charge in [0.05, 0.1) is 23.7 Å². The fraction of sp³-hybridized carbons (Fsp3) is 0.250. The first-order valence-electron chi connectivity index (χ1n) is 10.0. The molecule has 1 unspecified atom stereocenters. The third kappa shape index (κ3) is 4.72. The lowest BCUT2D eigenvalue weighted by molar-refractivity contribution is -0.117. The van der Waals surface area contributed by atoms with Gasteiger partial charge in [-0.25, -0.2) is 4.98 Å². The van der Waals surface area contributed by atoms with E-state index in [2.05, 4.69) is 10.3 Å². The molecule has 4 rings (SSSR count). The van der Waals surface area contributed by atoms with E-state index in [0.717, 1.165) is 26.7 Å². The van der Waals surface area contributed by atoms with Crippen molar-refractivity contribution < 1.29 is 19.0 Å². The minimum Gasteiger partial charge on any atom is -0.493 e. The van der Waals surface area contributed by atoms with Crippen molar-refractivity contribution in [1.29, 1.82) is 0 Å². The van der Waals surface area contributed by atoms with Crippen LogP contribution in [0.4, 0.5) is 0 Å². The maximum atomic E-state index is 12.5. The zero-order chi connectivity index (χ0) is 21.8. The number of carbonyl (C=O) groups excluding carboxylic acids is 1. The number of thiazole rings is 1. The third-order valence-corrected chi connectivity index (χ3v) is 6.27. The monoisotopic (exact) mass is 436 g/mol. The van der Waals surface area contributed by atoms with Gasteiger partial charge in [-0.2, -0.15) is 0 Å². The predicted octanol–water partition coefficient (Wildman–Crippen LogP) is 4.79. The van der Waals surface area contributed by atoms with Gasteiger partial charge in [-0.3, -0.25) is 4.79 Å². The summed E-state index contributed by atoms with van der Waals surface area (Å²) in [4.78, 5) is 18.2. The Morgan fingerprint density at radius 2 is 2.00 bits per heavy atom. The summed E-state index contributed by atoms with van der Waals surface area (Å²) in [5.74, 6) is 1.61. The van der Waals surface area contributed by atoms with Gasteiger partial charge < -0.3 is 19.5 Å². The van der Waals surface area contributed by atoms with E-state index in [1.807, 2.05) is 56.3 Å². The van der Waals surface area contributed by atoms with Crippen LogP contribution in [-0.4, -0.2) is 31.2 Å². The van der Waals surface area contributed by atoms with Gasteiger partial charge in [0.15, 0.2) is 11.5 Å². The highest BCUT2D eigenvalue weighted by Crippen LogP contribution is 2.40. The van der Waals surface area contributed by atoms with E-state index in [1.165, 1.54) is 6.08 Å². The van der Waals surface area contributed by atoms with Gasteiger partial charge in [0.1, 0.15) is 18.2 Å². The van der Waals surface area contributed by atoms with Crippen LogP contribution in [0.3, 0.4) is 0 Å². The average Bonchev–Trinajstić information content (AvgIpc) is 3.19. The third-order valence-electron chi connectivity index (χ3n) is 4.88. The Kier molecular flexibility index (Phi) is 6.23. The molecule has 0 aliphatic carbocycles. The average molecular weight is 437 g/mol. The number of aromatic nitrogens is 1. The number of ether oxygens (including phenoxy) is 3. The van der Waals surface area contributed by atoms with Crippen LogP contribution >= 0.6 is 11.3 Å². The van der Waals surface area contributed by atoms with E-state index >= 15 is 0 Å².